The standard InChI is InChI=1S/C14H14N4O3/c19-12(16-18-9-13(20)15-14(18)21)6-8-17-7-5-10-3-1-2-4-11(10)17/h1-5,7H,6,8-9H2,(H,16,19)(H,15,20,21). The first-order valence-electron chi connectivity index (χ1n) is 6.58. The van der Waals surface area contributed by atoms with Gasteiger partial charge in [-0.15, -0.1) is 0 Å². The van der Waals surface area contributed by atoms with E-state index in [1.165, 1.54) is 0 Å². The van der Waals surface area contributed by atoms with Crippen LogP contribution in [0.1, 0.15) is 6.42 Å². The van der Waals surface area contributed by atoms with E-state index < -0.39 is 11.9 Å². The zero-order valence-corrected chi connectivity index (χ0v) is 11.2. The Morgan fingerprint density at radius 3 is 2.81 bits per heavy atom. The zero-order valence-electron chi connectivity index (χ0n) is 11.2. The number of fused-ring (bicyclic) bond motifs is 1. The smallest absolute Gasteiger partial charge is 0.343 e. The molecule has 7 nitrogen and oxygen atoms in total. The van der Waals surface area contributed by atoms with Crippen molar-refractivity contribution in [2.75, 3.05) is 6.54 Å². The number of carbonyl (C=O) groups excluding carboxylic acids is 3. The van der Waals surface area contributed by atoms with Crippen LogP contribution in [0.3, 0.4) is 0 Å². The summed E-state index contributed by atoms with van der Waals surface area (Å²) >= 11 is 0. The van der Waals surface area contributed by atoms with E-state index in [2.05, 4.69) is 10.7 Å². The van der Waals surface area contributed by atoms with Gasteiger partial charge in [0.05, 0.1) is 0 Å². The molecule has 0 saturated carbocycles. The minimum absolute atomic E-state index is 0.142. The third-order valence-electron chi connectivity index (χ3n) is 3.31. The van der Waals surface area contributed by atoms with Crippen LogP contribution in [0.4, 0.5) is 4.79 Å². The van der Waals surface area contributed by atoms with Crippen molar-refractivity contribution < 1.29 is 14.4 Å². The lowest BCUT2D eigenvalue weighted by atomic mass is 10.2. The van der Waals surface area contributed by atoms with Crippen molar-refractivity contribution in [3.63, 3.8) is 0 Å². The summed E-state index contributed by atoms with van der Waals surface area (Å²) in [4.78, 5) is 34.1. The van der Waals surface area contributed by atoms with Crippen LogP contribution in [0.2, 0.25) is 0 Å². The molecule has 1 aromatic heterocycles. The van der Waals surface area contributed by atoms with Gasteiger partial charge >= 0.3 is 6.03 Å². The first kappa shape index (κ1) is 13.2. The second kappa shape index (κ2) is 5.28. The fourth-order valence-electron chi connectivity index (χ4n) is 2.30. The number of aryl methyl sites for hydroxylation is 1. The van der Waals surface area contributed by atoms with Gasteiger partial charge in [0.2, 0.25) is 11.8 Å². The first-order chi connectivity index (χ1) is 10.1. The third kappa shape index (κ3) is 2.71. The summed E-state index contributed by atoms with van der Waals surface area (Å²) in [7, 11) is 0. The van der Waals surface area contributed by atoms with Gasteiger partial charge in [-0.1, -0.05) is 18.2 Å². The number of nitrogens with one attached hydrogen (secondary N) is 2. The Kier molecular flexibility index (Phi) is 3.31. The van der Waals surface area contributed by atoms with Crippen LogP contribution in [0.25, 0.3) is 10.9 Å². The van der Waals surface area contributed by atoms with Gasteiger partial charge < -0.3 is 4.57 Å². The lowest BCUT2D eigenvalue weighted by Gasteiger charge is -2.14. The van der Waals surface area contributed by atoms with Gasteiger partial charge in [-0.05, 0) is 17.5 Å². The van der Waals surface area contributed by atoms with Crippen molar-refractivity contribution in [2.45, 2.75) is 13.0 Å². The van der Waals surface area contributed by atoms with E-state index >= 15 is 0 Å². The van der Waals surface area contributed by atoms with Crippen LogP contribution < -0.4 is 10.7 Å². The summed E-state index contributed by atoms with van der Waals surface area (Å²) in [5.41, 5.74) is 3.47. The molecule has 0 bridgehead atoms. The summed E-state index contributed by atoms with van der Waals surface area (Å²) in [6.07, 6.45) is 2.14. The maximum Gasteiger partial charge on any atom is 0.343 e. The number of para-hydroxylation sites is 1. The van der Waals surface area contributed by atoms with Gasteiger partial charge in [0.25, 0.3) is 0 Å². The van der Waals surface area contributed by atoms with E-state index in [4.69, 9.17) is 0 Å². The maximum atomic E-state index is 11.8. The average Bonchev–Trinajstić information content (AvgIpc) is 3.00. The minimum Gasteiger partial charge on any atom is -0.347 e. The van der Waals surface area contributed by atoms with Crippen LogP contribution in [-0.4, -0.2) is 34.0 Å². The summed E-state index contributed by atoms with van der Waals surface area (Å²) in [5, 5.41) is 4.19. The lowest BCUT2D eigenvalue weighted by Crippen LogP contribution is -2.44. The van der Waals surface area contributed by atoms with Crippen molar-refractivity contribution in [1.82, 2.24) is 20.3 Å². The van der Waals surface area contributed by atoms with Crippen molar-refractivity contribution in [2.24, 2.45) is 0 Å². The monoisotopic (exact) mass is 286 g/mol. The summed E-state index contributed by atoms with van der Waals surface area (Å²) < 4.78 is 1.98. The Morgan fingerprint density at radius 1 is 1.24 bits per heavy atom. The van der Waals surface area contributed by atoms with Crippen molar-refractivity contribution >= 4 is 28.7 Å². The number of hydrogen-bond donors (Lipinski definition) is 2. The Morgan fingerprint density at radius 2 is 2.05 bits per heavy atom. The highest BCUT2D eigenvalue weighted by Crippen LogP contribution is 2.15. The highest BCUT2D eigenvalue weighted by Gasteiger charge is 2.27. The molecule has 3 rings (SSSR count). The van der Waals surface area contributed by atoms with Crippen LogP contribution in [0, 0.1) is 0 Å². The number of hydrazine groups is 1. The van der Waals surface area contributed by atoms with Gasteiger partial charge in [-0.2, -0.15) is 0 Å². The maximum absolute atomic E-state index is 11.8. The van der Waals surface area contributed by atoms with Crippen LogP contribution >= 0.6 is 0 Å². The van der Waals surface area contributed by atoms with Gasteiger partial charge in [0.1, 0.15) is 6.54 Å². The fraction of sp³-hybridized carbons (Fsp3) is 0.214. The Labute approximate surface area is 120 Å². The molecule has 0 spiro atoms. The van der Waals surface area contributed by atoms with Gasteiger partial charge in [-0.3, -0.25) is 20.3 Å². The second-order valence-electron chi connectivity index (χ2n) is 4.79. The molecule has 108 valence electrons. The van der Waals surface area contributed by atoms with E-state index in [1.54, 1.807) is 0 Å². The number of urea groups is 1. The first-order valence-corrected chi connectivity index (χ1v) is 6.58. The number of benzene rings is 1. The number of rotatable bonds is 4. The SMILES string of the molecule is O=C1CN(NC(=O)CCn2ccc3ccccc32)C(=O)N1. The molecule has 0 aliphatic carbocycles. The summed E-state index contributed by atoms with van der Waals surface area (Å²) in [6.45, 7) is 0.361. The number of amides is 4. The highest BCUT2D eigenvalue weighted by molar-refractivity contribution is 6.02. The molecular formula is C14H14N4O3. The number of imide groups is 1. The van der Waals surface area contributed by atoms with Crippen molar-refractivity contribution in [3.05, 3.63) is 36.5 Å². The van der Waals surface area contributed by atoms with E-state index in [0.29, 0.717) is 6.54 Å². The molecule has 7 heteroatoms. The number of hydrogen-bond acceptors (Lipinski definition) is 3. The fourth-order valence-corrected chi connectivity index (χ4v) is 2.30. The van der Waals surface area contributed by atoms with E-state index in [1.807, 2.05) is 41.1 Å². The molecule has 1 aliphatic heterocycles. The number of carbonyl (C=O) groups is 3. The van der Waals surface area contributed by atoms with E-state index in [0.717, 1.165) is 15.9 Å². The van der Waals surface area contributed by atoms with Gasteiger partial charge in [-0.25, -0.2) is 9.80 Å². The Balaban J connectivity index is 1.59. The Hall–Kier alpha value is -2.83. The molecule has 1 saturated heterocycles. The summed E-state index contributed by atoms with van der Waals surface area (Å²) in [6, 6.07) is 9.28. The van der Waals surface area contributed by atoms with Gasteiger partial charge in [0, 0.05) is 24.7 Å². The van der Waals surface area contributed by atoms with Gasteiger partial charge in [0.15, 0.2) is 0 Å². The number of nitrogens with zero attached hydrogens (tertiary/aromatic N) is 2. The highest BCUT2D eigenvalue weighted by atomic mass is 16.2. The van der Waals surface area contributed by atoms with E-state index in [-0.39, 0.29) is 18.9 Å². The van der Waals surface area contributed by atoms with Crippen molar-refractivity contribution in [1.29, 1.82) is 0 Å². The van der Waals surface area contributed by atoms with Crippen molar-refractivity contribution in [3.8, 4) is 0 Å². The molecular weight excluding hydrogens is 272 g/mol. The lowest BCUT2D eigenvalue weighted by molar-refractivity contribution is -0.125. The molecule has 4 amide bonds. The van der Waals surface area contributed by atoms with E-state index in [9.17, 15) is 14.4 Å². The minimum atomic E-state index is -0.597. The second-order valence-corrected chi connectivity index (χ2v) is 4.79. The zero-order chi connectivity index (χ0) is 14.8. The molecule has 0 radical (unpaired) electrons. The average molecular weight is 286 g/mol. The van der Waals surface area contributed by atoms with Crippen LogP contribution in [0.15, 0.2) is 36.5 Å². The molecule has 21 heavy (non-hydrogen) atoms. The van der Waals surface area contributed by atoms with Crippen LogP contribution in [0.5, 0.6) is 0 Å². The predicted octanol–water partition coefficient (Wildman–Crippen LogP) is 0.614. The molecule has 1 aromatic carbocycles. The summed E-state index contributed by atoms with van der Waals surface area (Å²) in [5.74, 6) is -0.727. The largest absolute Gasteiger partial charge is 0.347 e. The quantitative estimate of drug-likeness (QED) is 0.808. The Bertz CT molecular complexity index is 722. The topological polar surface area (TPSA) is 83.4 Å². The predicted molar refractivity (Wildman–Crippen MR) is 74.9 cm³/mol. The molecule has 0 atom stereocenters. The molecule has 2 heterocycles. The molecule has 1 aliphatic rings. The molecule has 2 N–H and O–H groups in total. The van der Waals surface area contributed by atoms with Crippen LogP contribution in [-0.2, 0) is 16.1 Å². The molecule has 0 unspecified atom stereocenters. The normalized spacial score (nSPS) is 14.6. The molecule has 1 fully saturated rings. The molecule has 2 aromatic rings. The number of aromatic nitrogens is 1. The third-order valence-corrected chi connectivity index (χ3v) is 3.31.